The number of nitrogens with two attached hydrogens (primary N) is 1. The summed E-state index contributed by atoms with van der Waals surface area (Å²) < 4.78 is 0. The maximum atomic E-state index is 11.0. The van der Waals surface area contributed by atoms with Crippen molar-refractivity contribution < 1.29 is 4.79 Å². The SMILES string of the molecule is CC(=O)NCCSc1ccc(C(c2ccccc2)c2ccccc2)cc1N. The zero-order valence-electron chi connectivity index (χ0n) is 15.4. The first-order valence-corrected chi connectivity index (χ1v) is 10.0. The Kier molecular flexibility index (Phi) is 6.55. The van der Waals surface area contributed by atoms with Crippen molar-refractivity contribution in [2.45, 2.75) is 17.7 Å². The number of benzene rings is 3. The number of nitrogen functional groups attached to an aromatic ring is 1. The average molecular weight is 377 g/mol. The highest BCUT2D eigenvalue weighted by Crippen LogP contribution is 2.35. The van der Waals surface area contributed by atoms with Crippen LogP contribution in [0.25, 0.3) is 0 Å². The Morgan fingerprint density at radius 2 is 1.52 bits per heavy atom. The number of hydrogen-bond donors (Lipinski definition) is 2. The van der Waals surface area contributed by atoms with E-state index in [2.05, 4.69) is 72.0 Å². The normalized spacial score (nSPS) is 10.7. The molecule has 3 rings (SSSR count). The summed E-state index contributed by atoms with van der Waals surface area (Å²) in [6.45, 7) is 2.17. The Labute approximate surface area is 165 Å². The molecule has 0 aromatic heterocycles. The topological polar surface area (TPSA) is 55.1 Å². The second-order valence-corrected chi connectivity index (χ2v) is 7.52. The third-order valence-corrected chi connectivity index (χ3v) is 5.46. The van der Waals surface area contributed by atoms with Crippen molar-refractivity contribution in [3.05, 3.63) is 95.6 Å². The molecule has 1 amide bonds. The predicted molar refractivity (Wildman–Crippen MR) is 114 cm³/mol. The standard InChI is InChI=1S/C23H24N2OS/c1-17(26)25-14-15-27-22-13-12-20(16-21(22)24)23(18-8-4-2-5-9-18)19-10-6-3-7-11-19/h2-13,16,23H,14-15,24H2,1H3,(H,25,26). The second-order valence-electron chi connectivity index (χ2n) is 6.38. The van der Waals surface area contributed by atoms with Crippen molar-refractivity contribution in [1.29, 1.82) is 0 Å². The Bertz CT molecular complexity index is 842. The summed E-state index contributed by atoms with van der Waals surface area (Å²) in [5, 5.41) is 2.81. The lowest BCUT2D eigenvalue weighted by Crippen LogP contribution is -2.22. The molecule has 0 aliphatic heterocycles. The summed E-state index contributed by atoms with van der Waals surface area (Å²) >= 11 is 1.66. The van der Waals surface area contributed by atoms with E-state index in [9.17, 15) is 4.79 Å². The van der Waals surface area contributed by atoms with Crippen molar-refractivity contribution in [2.24, 2.45) is 0 Å². The summed E-state index contributed by atoms with van der Waals surface area (Å²) in [6.07, 6.45) is 0. The molecule has 0 spiro atoms. The quantitative estimate of drug-likeness (QED) is 0.272. The van der Waals surface area contributed by atoms with Crippen molar-refractivity contribution >= 4 is 23.4 Å². The zero-order valence-corrected chi connectivity index (χ0v) is 16.2. The van der Waals surface area contributed by atoms with Crippen LogP contribution in [0.1, 0.15) is 29.5 Å². The van der Waals surface area contributed by atoms with Crippen LogP contribution in [0.2, 0.25) is 0 Å². The number of anilines is 1. The molecule has 4 heteroatoms. The van der Waals surface area contributed by atoms with Gasteiger partial charge < -0.3 is 11.1 Å². The minimum Gasteiger partial charge on any atom is -0.398 e. The van der Waals surface area contributed by atoms with Gasteiger partial charge in [-0.1, -0.05) is 66.7 Å². The van der Waals surface area contributed by atoms with E-state index in [0.29, 0.717) is 6.54 Å². The van der Waals surface area contributed by atoms with Gasteiger partial charge in [0.25, 0.3) is 0 Å². The molecular formula is C23H24N2OS. The minimum atomic E-state index is -0.00696. The van der Waals surface area contributed by atoms with Crippen LogP contribution >= 0.6 is 11.8 Å². The molecule has 0 unspecified atom stereocenters. The molecule has 0 fully saturated rings. The summed E-state index contributed by atoms with van der Waals surface area (Å²) in [5.41, 5.74) is 10.8. The second kappa shape index (κ2) is 9.28. The van der Waals surface area contributed by atoms with Crippen molar-refractivity contribution in [2.75, 3.05) is 18.0 Å². The van der Waals surface area contributed by atoms with E-state index in [1.54, 1.807) is 11.8 Å². The first kappa shape index (κ1) is 19.1. The molecule has 3 N–H and O–H groups in total. The molecule has 0 bridgehead atoms. The van der Waals surface area contributed by atoms with Crippen molar-refractivity contribution in [3.63, 3.8) is 0 Å². The van der Waals surface area contributed by atoms with Gasteiger partial charge in [0.2, 0.25) is 5.91 Å². The molecule has 3 aromatic carbocycles. The molecule has 0 radical (unpaired) electrons. The Hall–Kier alpha value is -2.72. The molecular weight excluding hydrogens is 352 g/mol. The van der Waals surface area contributed by atoms with Gasteiger partial charge in [-0.2, -0.15) is 0 Å². The number of carbonyl (C=O) groups is 1. The molecule has 0 aliphatic rings. The highest BCUT2D eigenvalue weighted by atomic mass is 32.2. The van der Waals surface area contributed by atoms with Crippen LogP contribution in [0.4, 0.5) is 5.69 Å². The van der Waals surface area contributed by atoms with Crippen LogP contribution in [0.3, 0.4) is 0 Å². The molecule has 0 aliphatic carbocycles. The molecule has 0 atom stereocenters. The zero-order chi connectivity index (χ0) is 19.1. The number of carbonyl (C=O) groups excluding carboxylic acids is 1. The summed E-state index contributed by atoms with van der Waals surface area (Å²) in [6, 6.07) is 27.3. The largest absolute Gasteiger partial charge is 0.398 e. The van der Waals surface area contributed by atoms with Crippen molar-refractivity contribution in [1.82, 2.24) is 5.32 Å². The highest BCUT2D eigenvalue weighted by molar-refractivity contribution is 7.99. The van der Waals surface area contributed by atoms with Gasteiger partial charge in [-0.25, -0.2) is 0 Å². The molecule has 138 valence electrons. The first-order chi connectivity index (χ1) is 13.1. The summed E-state index contributed by atoms with van der Waals surface area (Å²) in [5.74, 6) is 0.935. The Morgan fingerprint density at radius 1 is 0.926 bits per heavy atom. The third kappa shape index (κ3) is 5.14. The van der Waals surface area contributed by atoms with E-state index in [-0.39, 0.29) is 11.8 Å². The van der Waals surface area contributed by atoms with Gasteiger partial charge >= 0.3 is 0 Å². The highest BCUT2D eigenvalue weighted by Gasteiger charge is 2.17. The van der Waals surface area contributed by atoms with Gasteiger partial charge in [0.1, 0.15) is 0 Å². The minimum absolute atomic E-state index is 0.00696. The molecule has 3 aromatic rings. The van der Waals surface area contributed by atoms with Crippen LogP contribution in [-0.4, -0.2) is 18.2 Å². The number of thioether (sulfide) groups is 1. The van der Waals surface area contributed by atoms with Gasteiger partial charge in [-0.05, 0) is 28.8 Å². The lowest BCUT2D eigenvalue weighted by atomic mass is 9.85. The summed E-state index contributed by atoms with van der Waals surface area (Å²) in [7, 11) is 0. The van der Waals surface area contributed by atoms with Gasteiger partial charge in [0.15, 0.2) is 0 Å². The lowest BCUT2D eigenvalue weighted by Gasteiger charge is -2.20. The van der Waals surface area contributed by atoms with Gasteiger partial charge in [-0.15, -0.1) is 11.8 Å². The van der Waals surface area contributed by atoms with Crippen LogP contribution < -0.4 is 11.1 Å². The number of hydrogen-bond acceptors (Lipinski definition) is 3. The lowest BCUT2D eigenvalue weighted by molar-refractivity contribution is -0.118. The van der Waals surface area contributed by atoms with Gasteiger partial charge in [0, 0.05) is 35.7 Å². The number of nitrogens with one attached hydrogen (secondary N) is 1. The van der Waals surface area contributed by atoms with E-state index < -0.39 is 0 Å². The fraction of sp³-hybridized carbons (Fsp3) is 0.174. The average Bonchev–Trinajstić information content (AvgIpc) is 2.68. The Morgan fingerprint density at radius 3 is 2.04 bits per heavy atom. The monoisotopic (exact) mass is 376 g/mol. The van der Waals surface area contributed by atoms with Crippen LogP contribution in [0, 0.1) is 0 Å². The maximum absolute atomic E-state index is 11.0. The molecule has 0 heterocycles. The number of rotatable bonds is 7. The van der Waals surface area contributed by atoms with Crippen LogP contribution in [-0.2, 0) is 4.79 Å². The van der Waals surface area contributed by atoms with E-state index in [0.717, 1.165) is 16.3 Å². The van der Waals surface area contributed by atoms with E-state index in [1.807, 2.05) is 12.1 Å². The van der Waals surface area contributed by atoms with E-state index >= 15 is 0 Å². The third-order valence-electron chi connectivity index (χ3n) is 4.37. The van der Waals surface area contributed by atoms with Crippen LogP contribution in [0.15, 0.2) is 83.8 Å². The predicted octanol–water partition coefficient (Wildman–Crippen LogP) is 4.68. The molecule has 3 nitrogen and oxygen atoms in total. The van der Waals surface area contributed by atoms with E-state index in [1.165, 1.54) is 23.6 Å². The first-order valence-electron chi connectivity index (χ1n) is 9.01. The smallest absolute Gasteiger partial charge is 0.216 e. The van der Waals surface area contributed by atoms with E-state index in [4.69, 9.17) is 5.73 Å². The molecule has 0 saturated carbocycles. The van der Waals surface area contributed by atoms with Gasteiger partial charge in [-0.3, -0.25) is 4.79 Å². The van der Waals surface area contributed by atoms with Crippen molar-refractivity contribution in [3.8, 4) is 0 Å². The molecule has 27 heavy (non-hydrogen) atoms. The summed E-state index contributed by atoms with van der Waals surface area (Å²) in [4.78, 5) is 12.0. The fourth-order valence-corrected chi connectivity index (χ4v) is 3.95. The maximum Gasteiger partial charge on any atom is 0.216 e. The van der Waals surface area contributed by atoms with Gasteiger partial charge in [0.05, 0.1) is 0 Å². The molecule has 0 saturated heterocycles. The van der Waals surface area contributed by atoms with Crippen LogP contribution in [0.5, 0.6) is 0 Å². The Balaban J connectivity index is 1.85. The fourth-order valence-electron chi connectivity index (χ4n) is 3.13. The number of amides is 1.